The first kappa shape index (κ1) is 18.4. The second kappa shape index (κ2) is 8.25. The summed E-state index contributed by atoms with van der Waals surface area (Å²) in [5.74, 6) is -0.346. The van der Waals surface area contributed by atoms with Crippen LogP contribution in [0.4, 0.5) is 11.4 Å². The third-order valence-electron chi connectivity index (χ3n) is 3.78. The Bertz CT molecular complexity index is 747. The molecule has 2 aromatic carbocycles. The van der Waals surface area contributed by atoms with Gasteiger partial charge in [-0.3, -0.25) is 14.9 Å². The number of likely N-dealkylation sites (N-methyl/N-ethyl adjacent to an activating group) is 1. The number of hydrogen-bond acceptors (Lipinski definition) is 5. The van der Waals surface area contributed by atoms with E-state index in [4.69, 9.17) is 0 Å². The van der Waals surface area contributed by atoms with E-state index in [1.807, 2.05) is 49.3 Å². The van der Waals surface area contributed by atoms with Crippen molar-refractivity contribution in [1.82, 2.24) is 10.2 Å². The Balaban J connectivity index is 2.26. The standard InChI is InChI=1S/C18H22N4O3/c1-19-15-10-9-14(11-17(15)22(24)25)18(23)20-16(12-21(2)3)13-7-5-4-6-8-13/h4-11,16,19H,12H2,1-3H3,(H,20,23)/t16-/m0/s1. The number of carbonyl (C=O) groups excluding carboxylic acids is 1. The van der Waals surface area contributed by atoms with E-state index in [1.165, 1.54) is 12.1 Å². The molecule has 0 bridgehead atoms. The molecule has 2 N–H and O–H groups in total. The van der Waals surface area contributed by atoms with Crippen LogP contribution in [0, 0.1) is 10.1 Å². The lowest BCUT2D eigenvalue weighted by Gasteiger charge is -2.23. The van der Waals surface area contributed by atoms with Gasteiger partial charge in [-0.25, -0.2) is 0 Å². The Morgan fingerprint density at radius 3 is 2.44 bits per heavy atom. The van der Waals surface area contributed by atoms with Crippen molar-refractivity contribution in [3.63, 3.8) is 0 Å². The van der Waals surface area contributed by atoms with Crippen molar-refractivity contribution in [3.8, 4) is 0 Å². The summed E-state index contributed by atoms with van der Waals surface area (Å²) >= 11 is 0. The summed E-state index contributed by atoms with van der Waals surface area (Å²) < 4.78 is 0. The number of nitro benzene ring substituents is 1. The van der Waals surface area contributed by atoms with Gasteiger partial charge in [-0.05, 0) is 31.8 Å². The summed E-state index contributed by atoms with van der Waals surface area (Å²) in [6.45, 7) is 0.618. The van der Waals surface area contributed by atoms with Crippen LogP contribution in [0.5, 0.6) is 0 Å². The number of nitrogens with one attached hydrogen (secondary N) is 2. The maximum atomic E-state index is 12.6. The zero-order valence-electron chi connectivity index (χ0n) is 14.5. The fraction of sp³-hybridized carbons (Fsp3) is 0.278. The molecule has 132 valence electrons. The number of anilines is 1. The highest BCUT2D eigenvalue weighted by Gasteiger charge is 2.20. The van der Waals surface area contributed by atoms with Crippen LogP contribution >= 0.6 is 0 Å². The van der Waals surface area contributed by atoms with Crippen LogP contribution in [0.1, 0.15) is 22.0 Å². The summed E-state index contributed by atoms with van der Waals surface area (Å²) in [7, 11) is 5.45. The molecule has 0 aliphatic heterocycles. The molecule has 0 spiro atoms. The summed E-state index contributed by atoms with van der Waals surface area (Å²) in [5.41, 5.74) is 1.48. The molecule has 0 fully saturated rings. The fourth-order valence-electron chi connectivity index (χ4n) is 2.56. The van der Waals surface area contributed by atoms with E-state index < -0.39 is 4.92 Å². The lowest BCUT2D eigenvalue weighted by molar-refractivity contribution is -0.384. The zero-order valence-corrected chi connectivity index (χ0v) is 14.5. The molecule has 0 saturated carbocycles. The maximum absolute atomic E-state index is 12.6. The monoisotopic (exact) mass is 342 g/mol. The summed E-state index contributed by atoms with van der Waals surface area (Å²) in [6, 6.07) is 13.8. The van der Waals surface area contributed by atoms with Gasteiger partial charge >= 0.3 is 0 Å². The SMILES string of the molecule is CNc1ccc(C(=O)N[C@@H](CN(C)C)c2ccccc2)cc1[N+](=O)[O-]. The molecule has 0 aromatic heterocycles. The average molecular weight is 342 g/mol. The topological polar surface area (TPSA) is 87.5 Å². The van der Waals surface area contributed by atoms with Gasteiger partial charge in [-0.1, -0.05) is 30.3 Å². The van der Waals surface area contributed by atoms with Crippen LogP contribution in [-0.2, 0) is 0 Å². The Morgan fingerprint density at radius 1 is 1.20 bits per heavy atom. The van der Waals surface area contributed by atoms with Gasteiger partial charge in [0.25, 0.3) is 11.6 Å². The number of hydrogen-bond donors (Lipinski definition) is 2. The molecule has 0 aliphatic carbocycles. The molecule has 25 heavy (non-hydrogen) atoms. The van der Waals surface area contributed by atoms with E-state index in [0.717, 1.165) is 5.56 Å². The van der Waals surface area contributed by atoms with Gasteiger partial charge in [-0.2, -0.15) is 0 Å². The number of nitrogens with zero attached hydrogens (tertiary/aromatic N) is 2. The first-order valence-corrected chi connectivity index (χ1v) is 7.89. The molecular weight excluding hydrogens is 320 g/mol. The fourth-order valence-corrected chi connectivity index (χ4v) is 2.56. The lowest BCUT2D eigenvalue weighted by atomic mass is 10.1. The Kier molecular flexibility index (Phi) is 6.08. The average Bonchev–Trinajstić information content (AvgIpc) is 2.60. The minimum atomic E-state index is -0.503. The summed E-state index contributed by atoms with van der Waals surface area (Å²) in [6.07, 6.45) is 0. The van der Waals surface area contributed by atoms with Crippen LogP contribution in [0.2, 0.25) is 0 Å². The first-order chi connectivity index (χ1) is 11.9. The predicted octanol–water partition coefficient (Wildman–Crippen LogP) is 2.67. The Hall–Kier alpha value is -2.93. The molecule has 0 saturated heterocycles. The van der Waals surface area contributed by atoms with Gasteiger partial charge in [0.05, 0.1) is 11.0 Å². The van der Waals surface area contributed by atoms with Gasteiger partial charge < -0.3 is 15.5 Å². The number of rotatable bonds is 7. The number of nitro groups is 1. The van der Waals surface area contributed by atoms with Gasteiger partial charge in [0.15, 0.2) is 0 Å². The van der Waals surface area contributed by atoms with Crippen molar-refractivity contribution in [1.29, 1.82) is 0 Å². The van der Waals surface area contributed by atoms with E-state index >= 15 is 0 Å². The molecular formula is C18H22N4O3. The van der Waals surface area contributed by atoms with Crippen LogP contribution in [0.25, 0.3) is 0 Å². The van der Waals surface area contributed by atoms with Crippen molar-refractivity contribution >= 4 is 17.3 Å². The molecule has 0 unspecified atom stereocenters. The predicted molar refractivity (Wildman–Crippen MR) is 97.8 cm³/mol. The molecule has 7 nitrogen and oxygen atoms in total. The van der Waals surface area contributed by atoms with E-state index in [2.05, 4.69) is 10.6 Å². The first-order valence-electron chi connectivity index (χ1n) is 7.89. The Labute approximate surface area is 146 Å². The van der Waals surface area contributed by atoms with E-state index in [-0.39, 0.29) is 23.2 Å². The third-order valence-corrected chi connectivity index (χ3v) is 3.78. The van der Waals surface area contributed by atoms with Crippen LogP contribution < -0.4 is 10.6 Å². The Morgan fingerprint density at radius 2 is 1.88 bits per heavy atom. The normalized spacial score (nSPS) is 11.8. The maximum Gasteiger partial charge on any atom is 0.293 e. The number of carbonyl (C=O) groups is 1. The molecule has 2 aromatic rings. The molecule has 1 amide bonds. The highest BCUT2D eigenvalue weighted by Crippen LogP contribution is 2.25. The minimum absolute atomic E-state index is 0.126. The van der Waals surface area contributed by atoms with E-state index in [0.29, 0.717) is 12.2 Å². The van der Waals surface area contributed by atoms with Gasteiger partial charge in [-0.15, -0.1) is 0 Å². The smallest absolute Gasteiger partial charge is 0.293 e. The van der Waals surface area contributed by atoms with Crippen LogP contribution in [0.15, 0.2) is 48.5 Å². The molecule has 1 atom stereocenters. The molecule has 0 heterocycles. The highest BCUT2D eigenvalue weighted by molar-refractivity contribution is 5.96. The van der Waals surface area contributed by atoms with Crippen molar-refractivity contribution in [2.45, 2.75) is 6.04 Å². The summed E-state index contributed by atoms with van der Waals surface area (Å²) in [5, 5.41) is 16.9. The van der Waals surface area contributed by atoms with E-state index in [9.17, 15) is 14.9 Å². The number of amides is 1. The van der Waals surface area contributed by atoms with Gasteiger partial charge in [0.2, 0.25) is 0 Å². The third kappa shape index (κ3) is 4.77. The van der Waals surface area contributed by atoms with Crippen molar-refractivity contribution < 1.29 is 9.72 Å². The van der Waals surface area contributed by atoms with Crippen molar-refractivity contribution in [2.24, 2.45) is 0 Å². The quantitative estimate of drug-likeness (QED) is 0.597. The van der Waals surface area contributed by atoms with Crippen molar-refractivity contribution in [2.75, 3.05) is 33.0 Å². The van der Waals surface area contributed by atoms with Gasteiger partial charge in [0.1, 0.15) is 5.69 Å². The molecule has 0 radical (unpaired) electrons. The van der Waals surface area contributed by atoms with Gasteiger partial charge in [0, 0.05) is 25.2 Å². The molecule has 7 heteroatoms. The molecule has 0 aliphatic rings. The second-order valence-corrected chi connectivity index (χ2v) is 5.94. The van der Waals surface area contributed by atoms with Crippen LogP contribution in [-0.4, -0.2) is 43.4 Å². The highest BCUT2D eigenvalue weighted by atomic mass is 16.6. The second-order valence-electron chi connectivity index (χ2n) is 5.94. The minimum Gasteiger partial charge on any atom is -0.383 e. The summed E-state index contributed by atoms with van der Waals surface area (Å²) in [4.78, 5) is 25.3. The molecule has 2 rings (SSSR count). The van der Waals surface area contributed by atoms with Crippen LogP contribution in [0.3, 0.4) is 0 Å². The zero-order chi connectivity index (χ0) is 18.4. The largest absolute Gasteiger partial charge is 0.383 e. The van der Waals surface area contributed by atoms with E-state index in [1.54, 1.807) is 13.1 Å². The lowest BCUT2D eigenvalue weighted by Crippen LogP contribution is -2.35. The number of benzene rings is 2. The van der Waals surface area contributed by atoms with Crippen molar-refractivity contribution in [3.05, 3.63) is 69.8 Å².